The normalized spacial score (nSPS) is 11.1. The molecular weight excluding hydrogens is 270 g/mol. The summed E-state index contributed by atoms with van der Waals surface area (Å²) in [5, 5.41) is 13.2. The fourth-order valence-corrected chi connectivity index (χ4v) is 2.85. The fourth-order valence-electron chi connectivity index (χ4n) is 2.23. The summed E-state index contributed by atoms with van der Waals surface area (Å²) in [4.78, 5) is 4.67. The van der Waals surface area contributed by atoms with Gasteiger partial charge in [0.2, 0.25) is 5.13 Å². The number of aryl methyl sites for hydroxylation is 3. The molecule has 0 aliphatic carbocycles. The van der Waals surface area contributed by atoms with Crippen molar-refractivity contribution in [2.75, 3.05) is 11.9 Å². The van der Waals surface area contributed by atoms with Gasteiger partial charge in [0.05, 0.1) is 11.0 Å². The number of para-hydroxylation sites is 2. The molecule has 0 saturated carbocycles. The van der Waals surface area contributed by atoms with E-state index in [9.17, 15) is 0 Å². The first-order valence-electron chi connectivity index (χ1n) is 6.68. The summed E-state index contributed by atoms with van der Waals surface area (Å²) < 4.78 is 2.17. The number of aromatic nitrogens is 4. The van der Waals surface area contributed by atoms with E-state index in [-0.39, 0.29) is 0 Å². The van der Waals surface area contributed by atoms with Gasteiger partial charge in [0.1, 0.15) is 10.8 Å². The van der Waals surface area contributed by atoms with Gasteiger partial charge in [-0.2, -0.15) is 0 Å². The number of nitrogens with zero attached hydrogens (tertiary/aromatic N) is 4. The zero-order chi connectivity index (χ0) is 13.9. The lowest BCUT2D eigenvalue weighted by molar-refractivity contribution is 0.752. The monoisotopic (exact) mass is 287 g/mol. The van der Waals surface area contributed by atoms with E-state index in [2.05, 4.69) is 44.2 Å². The van der Waals surface area contributed by atoms with E-state index in [1.165, 1.54) is 5.52 Å². The molecule has 3 rings (SSSR count). The van der Waals surface area contributed by atoms with Crippen LogP contribution >= 0.6 is 11.3 Å². The molecule has 3 aromatic rings. The van der Waals surface area contributed by atoms with Gasteiger partial charge in [0, 0.05) is 20.0 Å². The van der Waals surface area contributed by atoms with Gasteiger partial charge in [0.25, 0.3) is 0 Å². The van der Waals surface area contributed by atoms with Crippen molar-refractivity contribution in [3.63, 3.8) is 0 Å². The highest BCUT2D eigenvalue weighted by atomic mass is 32.1. The minimum Gasteiger partial charge on any atom is -0.360 e. The van der Waals surface area contributed by atoms with Crippen molar-refractivity contribution >= 4 is 27.5 Å². The first-order valence-corrected chi connectivity index (χ1v) is 7.50. The number of anilines is 1. The second kappa shape index (κ2) is 5.58. The lowest BCUT2D eigenvalue weighted by Crippen LogP contribution is -2.05. The van der Waals surface area contributed by atoms with E-state index in [4.69, 9.17) is 0 Å². The number of fused-ring (bicyclic) bond motifs is 1. The molecule has 0 unspecified atom stereocenters. The first kappa shape index (κ1) is 13.1. The molecule has 20 heavy (non-hydrogen) atoms. The van der Waals surface area contributed by atoms with Crippen LogP contribution in [0.1, 0.15) is 17.3 Å². The van der Waals surface area contributed by atoms with Crippen molar-refractivity contribution in [2.24, 2.45) is 7.05 Å². The lowest BCUT2D eigenvalue weighted by atomic mass is 10.3. The van der Waals surface area contributed by atoms with Crippen molar-refractivity contribution in [3.05, 3.63) is 35.1 Å². The third-order valence-corrected chi connectivity index (χ3v) is 4.06. The molecule has 6 heteroatoms. The van der Waals surface area contributed by atoms with E-state index in [0.717, 1.165) is 40.9 Å². The molecule has 0 saturated heterocycles. The summed E-state index contributed by atoms with van der Waals surface area (Å²) in [5.41, 5.74) is 2.26. The maximum Gasteiger partial charge on any atom is 0.205 e. The molecule has 104 valence electrons. The Morgan fingerprint density at radius 3 is 2.85 bits per heavy atom. The third-order valence-electron chi connectivity index (χ3n) is 3.26. The maximum absolute atomic E-state index is 4.67. The van der Waals surface area contributed by atoms with Gasteiger partial charge in [-0.15, -0.1) is 10.2 Å². The maximum atomic E-state index is 4.67. The summed E-state index contributed by atoms with van der Waals surface area (Å²) in [5.74, 6) is 1.13. The number of hydrogen-bond acceptors (Lipinski definition) is 5. The third kappa shape index (κ3) is 2.65. The molecule has 5 nitrogen and oxygen atoms in total. The number of benzene rings is 1. The molecule has 2 heterocycles. The number of imidazole rings is 1. The summed E-state index contributed by atoms with van der Waals surface area (Å²) in [6.07, 6.45) is 1.98. The van der Waals surface area contributed by atoms with Crippen LogP contribution in [0.3, 0.4) is 0 Å². The van der Waals surface area contributed by atoms with Crippen LogP contribution in [0.15, 0.2) is 24.3 Å². The summed E-state index contributed by atoms with van der Waals surface area (Å²) in [6.45, 7) is 2.85. The van der Waals surface area contributed by atoms with E-state index in [0.29, 0.717) is 0 Å². The molecule has 0 spiro atoms. The summed E-state index contributed by atoms with van der Waals surface area (Å²) in [7, 11) is 2.08. The van der Waals surface area contributed by atoms with Crippen LogP contribution in [-0.2, 0) is 13.5 Å². The second-order valence-electron chi connectivity index (χ2n) is 4.73. The van der Waals surface area contributed by atoms with Gasteiger partial charge in [-0.25, -0.2) is 4.98 Å². The molecule has 0 aliphatic heterocycles. The lowest BCUT2D eigenvalue weighted by Gasteiger charge is -2.03. The molecule has 0 radical (unpaired) electrons. The van der Waals surface area contributed by atoms with Gasteiger partial charge in [0.15, 0.2) is 0 Å². The molecule has 0 amide bonds. The van der Waals surface area contributed by atoms with Crippen LogP contribution in [0.5, 0.6) is 0 Å². The Kier molecular flexibility index (Phi) is 3.64. The number of hydrogen-bond donors (Lipinski definition) is 1. The van der Waals surface area contributed by atoms with Crippen LogP contribution in [-0.4, -0.2) is 26.3 Å². The van der Waals surface area contributed by atoms with Gasteiger partial charge < -0.3 is 9.88 Å². The Labute approximate surface area is 121 Å². The van der Waals surface area contributed by atoms with Gasteiger partial charge in [-0.05, 0) is 25.5 Å². The van der Waals surface area contributed by atoms with Crippen LogP contribution < -0.4 is 5.32 Å². The SMILES string of the molecule is Cc1nnc(NCCCc2nc3ccccc3n2C)s1. The number of nitrogens with one attached hydrogen (secondary N) is 1. The topological polar surface area (TPSA) is 55.6 Å². The Morgan fingerprint density at radius 1 is 1.25 bits per heavy atom. The Bertz CT molecular complexity index is 715. The highest BCUT2D eigenvalue weighted by Crippen LogP contribution is 2.16. The predicted molar refractivity (Wildman–Crippen MR) is 82.2 cm³/mol. The second-order valence-corrected chi connectivity index (χ2v) is 5.91. The zero-order valence-corrected chi connectivity index (χ0v) is 12.4. The average Bonchev–Trinajstić information content (AvgIpc) is 3.00. The Balaban J connectivity index is 1.58. The predicted octanol–water partition coefficient (Wildman–Crippen LogP) is 2.78. The van der Waals surface area contributed by atoms with Crippen molar-refractivity contribution < 1.29 is 0 Å². The van der Waals surface area contributed by atoms with Crippen LogP contribution in [0.2, 0.25) is 0 Å². The fraction of sp³-hybridized carbons (Fsp3) is 0.357. The molecular formula is C14H17N5S. The molecule has 0 fully saturated rings. The van der Waals surface area contributed by atoms with E-state index in [1.54, 1.807) is 11.3 Å². The molecule has 0 aliphatic rings. The van der Waals surface area contributed by atoms with Crippen molar-refractivity contribution in [1.29, 1.82) is 0 Å². The van der Waals surface area contributed by atoms with E-state index in [1.807, 2.05) is 19.1 Å². The molecule has 0 bridgehead atoms. The summed E-state index contributed by atoms with van der Waals surface area (Å²) >= 11 is 1.59. The van der Waals surface area contributed by atoms with E-state index >= 15 is 0 Å². The highest BCUT2D eigenvalue weighted by molar-refractivity contribution is 7.15. The Hall–Kier alpha value is -1.95. The largest absolute Gasteiger partial charge is 0.360 e. The Morgan fingerprint density at radius 2 is 2.10 bits per heavy atom. The standard InChI is InChI=1S/C14H17N5S/c1-10-17-18-14(20-10)15-9-5-8-13-16-11-6-3-4-7-12(11)19(13)2/h3-4,6-7H,5,8-9H2,1-2H3,(H,15,18). The van der Waals surface area contributed by atoms with Crippen LogP contribution in [0, 0.1) is 6.92 Å². The van der Waals surface area contributed by atoms with Crippen molar-refractivity contribution in [3.8, 4) is 0 Å². The van der Waals surface area contributed by atoms with Crippen molar-refractivity contribution in [2.45, 2.75) is 19.8 Å². The van der Waals surface area contributed by atoms with E-state index < -0.39 is 0 Å². The van der Waals surface area contributed by atoms with Gasteiger partial charge in [-0.3, -0.25) is 0 Å². The molecule has 2 aromatic heterocycles. The summed E-state index contributed by atoms with van der Waals surface area (Å²) in [6, 6.07) is 8.24. The van der Waals surface area contributed by atoms with Gasteiger partial charge >= 0.3 is 0 Å². The minimum atomic E-state index is 0.887. The quantitative estimate of drug-likeness (QED) is 0.733. The molecule has 0 atom stereocenters. The van der Waals surface area contributed by atoms with Crippen molar-refractivity contribution in [1.82, 2.24) is 19.7 Å². The highest BCUT2D eigenvalue weighted by Gasteiger charge is 2.06. The van der Waals surface area contributed by atoms with Gasteiger partial charge in [-0.1, -0.05) is 23.5 Å². The first-order chi connectivity index (χ1) is 9.74. The van der Waals surface area contributed by atoms with Crippen LogP contribution in [0.25, 0.3) is 11.0 Å². The smallest absolute Gasteiger partial charge is 0.205 e. The molecule has 1 aromatic carbocycles. The number of rotatable bonds is 5. The average molecular weight is 287 g/mol. The minimum absolute atomic E-state index is 0.887. The zero-order valence-electron chi connectivity index (χ0n) is 11.6. The molecule has 1 N–H and O–H groups in total. The van der Waals surface area contributed by atoms with Crippen LogP contribution in [0.4, 0.5) is 5.13 Å².